The van der Waals surface area contributed by atoms with E-state index in [-0.39, 0.29) is 23.2 Å². The zero-order valence-electron chi connectivity index (χ0n) is 10.4. The largest absolute Gasteiger partial charge is 0.478 e. The highest BCUT2D eigenvalue weighted by Crippen LogP contribution is 2.27. The molecule has 0 spiro atoms. The van der Waals surface area contributed by atoms with Crippen LogP contribution < -0.4 is 0 Å². The summed E-state index contributed by atoms with van der Waals surface area (Å²) >= 11 is 0. The summed E-state index contributed by atoms with van der Waals surface area (Å²) in [6.07, 6.45) is 1.21. The molecule has 0 aliphatic heterocycles. The number of carbonyl (C=O) groups is 2. The van der Waals surface area contributed by atoms with Crippen molar-refractivity contribution >= 4 is 11.9 Å². The van der Waals surface area contributed by atoms with Crippen LogP contribution in [0.2, 0.25) is 0 Å². The molecule has 0 bridgehead atoms. The normalized spacial score (nSPS) is 24.7. The first kappa shape index (κ1) is 13.7. The number of hydrogen-bond acceptors (Lipinski definition) is 3. The minimum Gasteiger partial charge on any atom is -0.478 e. The number of likely N-dealkylation sites (N-methyl/N-ethyl adjacent to an activating group) is 1. The molecule has 17 heavy (non-hydrogen) atoms. The van der Waals surface area contributed by atoms with Gasteiger partial charge < -0.3 is 15.1 Å². The molecule has 96 valence electrons. The summed E-state index contributed by atoms with van der Waals surface area (Å²) in [7, 11) is 1.66. The molecule has 0 aromatic carbocycles. The zero-order chi connectivity index (χ0) is 13.2. The Morgan fingerprint density at radius 1 is 1.24 bits per heavy atom. The lowest BCUT2D eigenvalue weighted by Gasteiger charge is -2.34. The molecule has 1 fully saturated rings. The molecule has 2 N–H and O–H groups in total. The molecule has 5 heteroatoms. The topological polar surface area (TPSA) is 77.8 Å². The lowest BCUT2D eigenvalue weighted by Crippen LogP contribution is -2.40. The standard InChI is InChI=1S/C12H19NO4/c1-7(8(2)12(16)17)11(15)13(3)6-9-4-10(14)5-9/h9-10,14H,4-6H2,1-3H3,(H,16,17). The number of aliphatic hydroxyl groups excluding tert-OH is 1. The maximum atomic E-state index is 11.9. The summed E-state index contributed by atoms with van der Waals surface area (Å²) in [5, 5.41) is 17.9. The molecule has 0 atom stereocenters. The van der Waals surface area contributed by atoms with Gasteiger partial charge in [-0.3, -0.25) is 4.79 Å². The molecular weight excluding hydrogens is 222 g/mol. The lowest BCUT2D eigenvalue weighted by atomic mass is 9.82. The molecular formula is C12H19NO4. The van der Waals surface area contributed by atoms with Gasteiger partial charge in [0.25, 0.3) is 0 Å². The van der Waals surface area contributed by atoms with Crippen LogP contribution in [0.4, 0.5) is 0 Å². The number of carbonyl (C=O) groups excluding carboxylic acids is 1. The van der Waals surface area contributed by atoms with Crippen LogP contribution in [-0.4, -0.2) is 46.7 Å². The van der Waals surface area contributed by atoms with E-state index in [4.69, 9.17) is 10.2 Å². The van der Waals surface area contributed by atoms with Crippen molar-refractivity contribution in [2.24, 2.45) is 5.92 Å². The maximum absolute atomic E-state index is 11.9. The Labute approximate surface area is 101 Å². The Bertz CT molecular complexity index is 356. The predicted molar refractivity (Wildman–Crippen MR) is 62.4 cm³/mol. The van der Waals surface area contributed by atoms with E-state index in [1.54, 1.807) is 7.05 Å². The van der Waals surface area contributed by atoms with Crippen LogP contribution in [-0.2, 0) is 9.59 Å². The Kier molecular flexibility index (Phi) is 4.28. The first-order chi connectivity index (χ1) is 7.82. The molecule has 1 saturated carbocycles. The number of hydrogen-bond donors (Lipinski definition) is 2. The molecule has 1 rings (SSSR count). The number of amides is 1. The number of carboxylic acids is 1. The maximum Gasteiger partial charge on any atom is 0.331 e. The van der Waals surface area contributed by atoms with E-state index < -0.39 is 5.97 Å². The van der Waals surface area contributed by atoms with Crippen LogP contribution in [0, 0.1) is 5.92 Å². The van der Waals surface area contributed by atoms with Crippen LogP contribution in [0.1, 0.15) is 26.7 Å². The van der Waals surface area contributed by atoms with Crippen molar-refractivity contribution in [3.05, 3.63) is 11.1 Å². The summed E-state index contributed by atoms with van der Waals surface area (Å²) in [6, 6.07) is 0. The van der Waals surface area contributed by atoms with Crippen molar-refractivity contribution in [3.8, 4) is 0 Å². The molecule has 0 heterocycles. The number of aliphatic hydroxyl groups is 1. The molecule has 0 aromatic rings. The fourth-order valence-corrected chi connectivity index (χ4v) is 1.93. The van der Waals surface area contributed by atoms with Gasteiger partial charge in [-0.2, -0.15) is 0 Å². The van der Waals surface area contributed by atoms with Crippen molar-refractivity contribution < 1.29 is 19.8 Å². The van der Waals surface area contributed by atoms with E-state index in [2.05, 4.69) is 0 Å². The first-order valence-corrected chi connectivity index (χ1v) is 5.67. The lowest BCUT2D eigenvalue weighted by molar-refractivity contribution is -0.133. The van der Waals surface area contributed by atoms with Gasteiger partial charge in [-0.05, 0) is 32.6 Å². The number of carboxylic acid groups (broad SMARTS) is 1. The molecule has 1 amide bonds. The van der Waals surface area contributed by atoms with E-state index in [1.165, 1.54) is 18.7 Å². The highest BCUT2D eigenvalue weighted by Gasteiger charge is 2.29. The molecule has 0 unspecified atom stereocenters. The summed E-state index contributed by atoms with van der Waals surface area (Å²) in [5.41, 5.74) is 0.343. The minimum atomic E-state index is -1.07. The number of rotatable bonds is 4. The molecule has 1 aliphatic carbocycles. The second kappa shape index (κ2) is 5.31. The van der Waals surface area contributed by atoms with Crippen molar-refractivity contribution in [3.63, 3.8) is 0 Å². The summed E-state index contributed by atoms with van der Waals surface area (Å²) < 4.78 is 0. The van der Waals surface area contributed by atoms with Gasteiger partial charge in [0.2, 0.25) is 5.91 Å². The Morgan fingerprint density at radius 3 is 2.18 bits per heavy atom. The Hall–Kier alpha value is -1.36. The third-order valence-corrected chi connectivity index (χ3v) is 3.29. The van der Waals surface area contributed by atoms with E-state index in [0.717, 1.165) is 12.8 Å². The van der Waals surface area contributed by atoms with Gasteiger partial charge in [0.05, 0.1) is 6.10 Å². The monoisotopic (exact) mass is 241 g/mol. The van der Waals surface area contributed by atoms with Crippen molar-refractivity contribution in [2.45, 2.75) is 32.8 Å². The van der Waals surface area contributed by atoms with Gasteiger partial charge in [-0.15, -0.1) is 0 Å². The molecule has 0 radical (unpaired) electrons. The second-order valence-corrected chi connectivity index (χ2v) is 4.73. The minimum absolute atomic E-state index is 0.0792. The predicted octanol–water partition coefficient (Wildman–Crippen LogP) is 0.637. The van der Waals surface area contributed by atoms with Gasteiger partial charge in [0, 0.05) is 24.7 Å². The van der Waals surface area contributed by atoms with E-state index in [0.29, 0.717) is 12.5 Å². The highest BCUT2D eigenvalue weighted by atomic mass is 16.4. The Morgan fingerprint density at radius 2 is 1.76 bits per heavy atom. The SMILES string of the molecule is CC(C(=O)O)=C(C)C(=O)N(C)CC1CC(O)C1. The van der Waals surface area contributed by atoms with Crippen LogP contribution in [0.3, 0.4) is 0 Å². The van der Waals surface area contributed by atoms with Crippen LogP contribution in [0.5, 0.6) is 0 Å². The molecule has 5 nitrogen and oxygen atoms in total. The number of aliphatic carboxylic acids is 1. The summed E-state index contributed by atoms with van der Waals surface area (Å²) in [5.74, 6) is -0.994. The van der Waals surface area contributed by atoms with Crippen molar-refractivity contribution in [1.82, 2.24) is 4.90 Å². The average molecular weight is 241 g/mol. The van der Waals surface area contributed by atoms with Gasteiger partial charge in [0.1, 0.15) is 0 Å². The van der Waals surface area contributed by atoms with Gasteiger partial charge in [-0.25, -0.2) is 4.79 Å². The van der Waals surface area contributed by atoms with Crippen LogP contribution in [0.25, 0.3) is 0 Å². The second-order valence-electron chi connectivity index (χ2n) is 4.73. The zero-order valence-corrected chi connectivity index (χ0v) is 10.4. The molecule has 1 aliphatic rings. The Balaban J connectivity index is 2.57. The smallest absolute Gasteiger partial charge is 0.331 e. The van der Waals surface area contributed by atoms with Gasteiger partial charge in [0.15, 0.2) is 0 Å². The van der Waals surface area contributed by atoms with Crippen LogP contribution >= 0.6 is 0 Å². The van der Waals surface area contributed by atoms with Crippen molar-refractivity contribution in [1.29, 1.82) is 0 Å². The van der Waals surface area contributed by atoms with Crippen LogP contribution in [0.15, 0.2) is 11.1 Å². The van der Waals surface area contributed by atoms with Crippen molar-refractivity contribution in [2.75, 3.05) is 13.6 Å². The molecule has 0 saturated heterocycles. The fraction of sp³-hybridized carbons (Fsp3) is 0.667. The third-order valence-electron chi connectivity index (χ3n) is 3.29. The fourth-order valence-electron chi connectivity index (χ4n) is 1.93. The van der Waals surface area contributed by atoms with Gasteiger partial charge >= 0.3 is 5.97 Å². The van der Waals surface area contributed by atoms with E-state index >= 15 is 0 Å². The summed E-state index contributed by atoms with van der Waals surface area (Å²) in [6.45, 7) is 3.52. The first-order valence-electron chi connectivity index (χ1n) is 5.67. The third kappa shape index (κ3) is 3.30. The highest BCUT2D eigenvalue weighted by molar-refractivity contribution is 6.01. The summed E-state index contributed by atoms with van der Waals surface area (Å²) in [4.78, 5) is 24.2. The quantitative estimate of drug-likeness (QED) is 0.708. The molecule has 0 aromatic heterocycles. The number of nitrogens with zero attached hydrogens (tertiary/aromatic N) is 1. The average Bonchev–Trinajstić information content (AvgIpc) is 2.23. The van der Waals surface area contributed by atoms with E-state index in [1.807, 2.05) is 0 Å². The van der Waals surface area contributed by atoms with Gasteiger partial charge in [-0.1, -0.05) is 0 Å². The van der Waals surface area contributed by atoms with E-state index in [9.17, 15) is 9.59 Å².